The minimum atomic E-state index is -1.91. The van der Waals surface area contributed by atoms with Crippen LogP contribution in [0.1, 0.15) is 12.5 Å². The molecule has 1 aliphatic carbocycles. The SMILES string of the molecule is CO[C@@]12[C@H](COC(N)=O)C3=C(C(=O)C(Cc4ccccc4)([Se]c4ccccc4)C4(OCCO4)C3=O)N1C[C@H]1[C@@H]2N1C(C)=O. The second-order valence-electron chi connectivity index (χ2n) is 11.3. The van der Waals surface area contributed by atoms with Gasteiger partial charge in [0.05, 0.1) is 0 Å². The van der Waals surface area contributed by atoms with E-state index in [1.165, 1.54) is 14.0 Å². The van der Waals surface area contributed by atoms with E-state index in [2.05, 4.69) is 0 Å². The summed E-state index contributed by atoms with van der Waals surface area (Å²) in [6.07, 6.45) is -0.823. The van der Waals surface area contributed by atoms with Crippen LogP contribution in [0, 0.1) is 5.92 Å². The normalized spacial score (nSPS) is 31.7. The summed E-state index contributed by atoms with van der Waals surface area (Å²) in [6, 6.07) is 18.5. The van der Waals surface area contributed by atoms with Gasteiger partial charge < -0.3 is 0 Å². The van der Waals surface area contributed by atoms with E-state index in [0.29, 0.717) is 0 Å². The van der Waals surface area contributed by atoms with Crippen molar-refractivity contribution < 1.29 is 38.1 Å². The van der Waals surface area contributed by atoms with Gasteiger partial charge in [-0.15, -0.1) is 0 Å². The van der Waals surface area contributed by atoms with Crippen LogP contribution >= 0.6 is 0 Å². The number of methoxy groups -OCH3 is 1. The molecule has 11 nitrogen and oxygen atoms in total. The summed E-state index contributed by atoms with van der Waals surface area (Å²) in [6.45, 7) is 1.71. The molecule has 2 aromatic carbocycles. The summed E-state index contributed by atoms with van der Waals surface area (Å²) >= 11 is -0.634. The van der Waals surface area contributed by atoms with Crippen molar-refractivity contribution >= 4 is 43.0 Å². The maximum atomic E-state index is 15.4. The number of nitrogens with zero attached hydrogens (tertiary/aromatic N) is 2. The molecule has 0 saturated carbocycles. The van der Waals surface area contributed by atoms with E-state index in [1.807, 2.05) is 65.6 Å². The topological polar surface area (TPSA) is 137 Å². The molecule has 2 aromatic rings. The number of Topliss-reactive ketones (excluding diaryl/α,β-unsaturated/α-hetero) is 2. The van der Waals surface area contributed by atoms with Gasteiger partial charge in [0, 0.05) is 0 Å². The standard InChI is InChI=1S/C31H31N3O8Se/c1-18(35)34-22-16-33-24-23(21(17-40-28(32)38)30(33,39-2)25(22)34)26(36)31(41-13-14-42-31)29(27(24)37,15-19-9-5-3-6-10-19)43-20-11-7-4-8-12-20/h3-12,21-22,25H,13-17H2,1-2H3,(H2,32,38)/t21-,22+,25+,29?,30-,34?/m1/s1. The van der Waals surface area contributed by atoms with Crippen molar-refractivity contribution in [3.63, 3.8) is 0 Å². The zero-order chi connectivity index (χ0) is 30.1. The van der Waals surface area contributed by atoms with Crippen LogP contribution in [0.5, 0.6) is 0 Å². The van der Waals surface area contributed by atoms with Crippen molar-refractivity contribution in [3.05, 3.63) is 77.5 Å². The number of nitrogens with two attached hydrogens (primary N) is 1. The predicted octanol–water partition coefficient (Wildman–Crippen LogP) is 0.549. The minimum absolute atomic E-state index is 0.132. The number of piperazine rings is 1. The second-order valence-corrected chi connectivity index (χ2v) is 14.2. The third-order valence-corrected chi connectivity index (χ3v) is 12.3. The summed E-state index contributed by atoms with van der Waals surface area (Å²) in [4.78, 5) is 58.4. The van der Waals surface area contributed by atoms with Crippen molar-refractivity contribution in [3.8, 4) is 0 Å². The molecule has 224 valence electrons. The average Bonchev–Trinajstić information content (AvgIpc) is 3.28. The van der Waals surface area contributed by atoms with Gasteiger partial charge in [0.2, 0.25) is 0 Å². The Hall–Kier alpha value is -3.54. The number of carbonyl (C=O) groups excluding carboxylic acids is 4. The van der Waals surface area contributed by atoms with E-state index in [9.17, 15) is 9.59 Å². The van der Waals surface area contributed by atoms with Gasteiger partial charge in [-0.1, -0.05) is 0 Å². The Labute approximate surface area is 254 Å². The molecule has 2 amide bonds. The Bertz CT molecular complexity index is 1500. The Kier molecular flexibility index (Phi) is 6.57. The Balaban J connectivity index is 1.45. The maximum absolute atomic E-state index is 15.4. The molecule has 4 heterocycles. The molecule has 5 aliphatic rings. The fourth-order valence-electron chi connectivity index (χ4n) is 7.69. The monoisotopic (exact) mass is 653 g/mol. The summed E-state index contributed by atoms with van der Waals surface area (Å²) in [5, 5.41) is 0. The number of ketones is 2. The number of benzene rings is 2. The quantitative estimate of drug-likeness (QED) is 0.336. The molecule has 3 fully saturated rings. The van der Waals surface area contributed by atoms with Crippen LogP contribution in [0.3, 0.4) is 0 Å². The molecule has 7 rings (SSSR count). The Morgan fingerprint density at radius 3 is 2.28 bits per heavy atom. The molecule has 0 radical (unpaired) electrons. The first kappa shape index (κ1) is 28.2. The fourth-order valence-corrected chi connectivity index (χ4v) is 10.8. The summed E-state index contributed by atoms with van der Waals surface area (Å²) in [5.74, 6) is -3.73. The van der Waals surface area contributed by atoms with Gasteiger partial charge in [-0.25, -0.2) is 0 Å². The number of rotatable bonds is 7. The van der Waals surface area contributed by atoms with E-state index in [4.69, 9.17) is 24.7 Å². The first-order valence-electron chi connectivity index (χ1n) is 14.2. The first-order chi connectivity index (χ1) is 20.7. The molecule has 12 heteroatoms. The summed E-state index contributed by atoms with van der Waals surface area (Å²) in [5.41, 5.74) is 5.28. The van der Waals surface area contributed by atoms with Crippen LogP contribution in [-0.4, -0.2) is 105 Å². The van der Waals surface area contributed by atoms with Gasteiger partial charge in [-0.3, -0.25) is 0 Å². The molecule has 2 N–H and O–H groups in total. The van der Waals surface area contributed by atoms with Crippen LogP contribution in [0.25, 0.3) is 0 Å². The average molecular weight is 653 g/mol. The van der Waals surface area contributed by atoms with Crippen LogP contribution in [0.4, 0.5) is 4.79 Å². The predicted molar refractivity (Wildman–Crippen MR) is 152 cm³/mol. The Morgan fingerprint density at radius 1 is 1.02 bits per heavy atom. The number of primary amides is 1. The van der Waals surface area contributed by atoms with Crippen LogP contribution in [-0.2, 0) is 39.8 Å². The van der Waals surface area contributed by atoms with Gasteiger partial charge in [-0.05, 0) is 0 Å². The molecule has 0 bridgehead atoms. The van der Waals surface area contributed by atoms with E-state index in [-0.39, 0.29) is 61.8 Å². The molecule has 43 heavy (non-hydrogen) atoms. The van der Waals surface area contributed by atoms with Gasteiger partial charge in [0.25, 0.3) is 0 Å². The van der Waals surface area contributed by atoms with Crippen molar-refractivity contribution in [1.29, 1.82) is 0 Å². The fraction of sp³-hybridized carbons (Fsp3) is 0.419. The van der Waals surface area contributed by atoms with Crippen LogP contribution < -0.4 is 10.2 Å². The van der Waals surface area contributed by atoms with Crippen molar-refractivity contribution in [2.24, 2.45) is 11.7 Å². The summed E-state index contributed by atoms with van der Waals surface area (Å²) < 4.78 is 23.7. The number of hydrogen-bond acceptors (Lipinski definition) is 9. The van der Waals surface area contributed by atoms with Crippen LogP contribution in [0.15, 0.2) is 71.9 Å². The number of ether oxygens (including phenoxy) is 4. The molecule has 1 unspecified atom stereocenters. The van der Waals surface area contributed by atoms with E-state index in [1.54, 1.807) is 4.90 Å². The van der Waals surface area contributed by atoms with Crippen molar-refractivity contribution in [2.45, 2.75) is 41.3 Å². The molecule has 5 atom stereocenters. The molecule has 0 aromatic heterocycles. The van der Waals surface area contributed by atoms with Crippen molar-refractivity contribution in [1.82, 2.24) is 9.80 Å². The Morgan fingerprint density at radius 2 is 1.67 bits per heavy atom. The number of amides is 2. The van der Waals surface area contributed by atoms with Gasteiger partial charge in [-0.2, -0.15) is 0 Å². The number of carbonyl (C=O) groups is 4. The number of fused-ring (bicyclic) bond motifs is 4. The molecular formula is C31H31N3O8Se. The second kappa shape index (κ2) is 10.0. The zero-order valence-electron chi connectivity index (χ0n) is 23.7. The van der Waals surface area contributed by atoms with Gasteiger partial charge in [0.1, 0.15) is 0 Å². The molecule has 1 spiro atoms. The van der Waals surface area contributed by atoms with E-state index >= 15 is 9.59 Å². The van der Waals surface area contributed by atoms with E-state index in [0.717, 1.165) is 10.0 Å². The molecule has 3 saturated heterocycles. The molecule has 4 aliphatic heterocycles. The van der Waals surface area contributed by atoms with E-state index < -0.39 is 54.6 Å². The number of allylic oxidation sites excluding steroid dienone is 1. The number of hydrogen-bond donors (Lipinski definition) is 1. The van der Waals surface area contributed by atoms with Gasteiger partial charge in [0.15, 0.2) is 0 Å². The van der Waals surface area contributed by atoms with Gasteiger partial charge >= 0.3 is 255 Å². The molecular weight excluding hydrogens is 621 g/mol. The third-order valence-electron chi connectivity index (χ3n) is 9.28. The van der Waals surface area contributed by atoms with Crippen LogP contribution in [0.2, 0.25) is 4.31 Å². The van der Waals surface area contributed by atoms with Crippen molar-refractivity contribution in [2.75, 3.05) is 33.5 Å². The third kappa shape index (κ3) is 3.77. The first-order valence-corrected chi connectivity index (χ1v) is 15.9. The summed E-state index contributed by atoms with van der Waals surface area (Å²) in [7, 11) is 1.49. The zero-order valence-corrected chi connectivity index (χ0v) is 25.4.